The molecule has 2 atom stereocenters. The van der Waals surface area contributed by atoms with Crippen molar-refractivity contribution in [2.75, 3.05) is 14.1 Å². The largest absolute Gasteiger partial charge is 0.619 e. The lowest BCUT2D eigenvalue weighted by Crippen LogP contribution is -2.56. The van der Waals surface area contributed by atoms with Crippen LogP contribution in [0.3, 0.4) is 0 Å². The zero-order valence-electron chi connectivity index (χ0n) is 11.0. The molecule has 0 bridgehead atoms. The molecular formula is C12H15BF2N2O2. The molecule has 0 saturated carbocycles. The molecule has 1 aliphatic rings. The molecule has 7 heteroatoms. The second-order valence-corrected chi connectivity index (χ2v) is 4.81. The molecule has 0 N–H and O–H groups in total. The smallest absolute Gasteiger partial charge is 0.570 e. The van der Waals surface area contributed by atoms with Crippen LogP contribution in [0.15, 0.2) is 24.3 Å². The minimum Gasteiger partial charge on any atom is -0.619 e. The van der Waals surface area contributed by atoms with Gasteiger partial charge in [-0.3, -0.25) is 9.69 Å². The molecule has 1 aliphatic heterocycles. The Morgan fingerprint density at radius 2 is 2.05 bits per heavy atom. The van der Waals surface area contributed by atoms with Crippen LogP contribution in [0, 0.1) is 5.82 Å². The zero-order chi connectivity index (χ0) is 14.2. The van der Waals surface area contributed by atoms with E-state index in [1.54, 1.807) is 19.0 Å². The van der Waals surface area contributed by atoms with Crippen molar-refractivity contribution in [2.24, 2.45) is 0 Å². The van der Waals surface area contributed by atoms with Crippen LogP contribution < -0.4 is 5.46 Å². The first-order valence-electron chi connectivity index (χ1n) is 5.96. The van der Waals surface area contributed by atoms with E-state index in [-0.39, 0.29) is 5.46 Å². The van der Waals surface area contributed by atoms with Gasteiger partial charge in [-0.1, -0.05) is 18.2 Å². The van der Waals surface area contributed by atoms with E-state index in [1.165, 1.54) is 31.5 Å². The molecular weight excluding hydrogens is 253 g/mol. The topological polar surface area (TPSA) is 32.6 Å². The lowest BCUT2D eigenvalue weighted by Gasteiger charge is -2.26. The second kappa shape index (κ2) is 4.64. The van der Waals surface area contributed by atoms with Gasteiger partial charge >= 0.3 is 12.7 Å². The predicted molar refractivity (Wildman–Crippen MR) is 68.5 cm³/mol. The average Bonchev–Trinajstić information content (AvgIpc) is 2.54. The van der Waals surface area contributed by atoms with E-state index in [4.69, 9.17) is 4.65 Å². The number of carbonyl (C=O) groups excluding carboxylic acids is 1. The lowest BCUT2D eigenvalue weighted by atomic mass is 9.66. The number of hydrogen-bond acceptors (Lipinski definition) is 2. The molecule has 0 spiro atoms. The number of rotatable bonds is 2. The van der Waals surface area contributed by atoms with E-state index in [0.717, 1.165) is 10.6 Å². The van der Waals surface area contributed by atoms with Crippen molar-refractivity contribution in [3.8, 4) is 0 Å². The van der Waals surface area contributed by atoms with Crippen LogP contribution in [0.2, 0.25) is 0 Å². The molecule has 1 aromatic rings. The summed E-state index contributed by atoms with van der Waals surface area (Å²) in [5.74, 6) is -1.44. The highest BCUT2D eigenvalue weighted by atomic mass is 19.1. The van der Waals surface area contributed by atoms with E-state index >= 15 is 4.32 Å². The van der Waals surface area contributed by atoms with Crippen molar-refractivity contribution < 1.29 is 22.6 Å². The van der Waals surface area contributed by atoms with Crippen molar-refractivity contribution in [3.05, 3.63) is 30.1 Å². The van der Waals surface area contributed by atoms with Crippen molar-refractivity contribution in [1.29, 1.82) is 0 Å². The lowest BCUT2D eigenvalue weighted by molar-refractivity contribution is -0.428. The van der Waals surface area contributed by atoms with E-state index in [1.807, 2.05) is 0 Å². The van der Waals surface area contributed by atoms with Crippen LogP contribution in [0.25, 0.3) is 0 Å². The fraction of sp³-hybridized carbons (Fsp3) is 0.333. The molecule has 1 saturated heterocycles. The fourth-order valence-electron chi connectivity index (χ4n) is 2.16. The minimum absolute atomic E-state index is 0.252. The van der Waals surface area contributed by atoms with E-state index in [9.17, 15) is 9.18 Å². The molecule has 1 fully saturated rings. The molecule has 0 radical (unpaired) electrons. The highest BCUT2D eigenvalue weighted by molar-refractivity contribution is 6.76. The van der Waals surface area contributed by atoms with Crippen LogP contribution in [0.5, 0.6) is 0 Å². The van der Waals surface area contributed by atoms with Crippen LogP contribution in [0.4, 0.5) is 8.71 Å². The molecule has 0 aliphatic carbocycles. The van der Waals surface area contributed by atoms with Gasteiger partial charge in [0.15, 0.2) is 6.34 Å². The van der Waals surface area contributed by atoms with Gasteiger partial charge in [0.25, 0.3) is 0 Å². The van der Waals surface area contributed by atoms with Gasteiger partial charge in [0.05, 0.1) is 19.9 Å². The summed E-state index contributed by atoms with van der Waals surface area (Å²) in [4.78, 5) is 13.2. The first kappa shape index (κ1) is 13.5. The molecule has 1 heterocycles. The van der Waals surface area contributed by atoms with Gasteiger partial charge in [0.1, 0.15) is 6.04 Å². The second-order valence-electron chi connectivity index (χ2n) is 4.81. The van der Waals surface area contributed by atoms with Gasteiger partial charge < -0.3 is 13.5 Å². The van der Waals surface area contributed by atoms with Gasteiger partial charge in [0.2, 0.25) is 0 Å². The summed E-state index contributed by atoms with van der Waals surface area (Å²) < 4.78 is 34.8. The fourth-order valence-corrected chi connectivity index (χ4v) is 2.16. The van der Waals surface area contributed by atoms with Gasteiger partial charge in [0, 0.05) is 0 Å². The zero-order valence-corrected chi connectivity index (χ0v) is 11.0. The summed E-state index contributed by atoms with van der Waals surface area (Å²) in [6.45, 7) is -1.86. The normalized spacial score (nSPS) is 28.6. The number of carbonyl (C=O) groups is 1. The Morgan fingerprint density at radius 1 is 1.42 bits per heavy atom. The quantitative estimate of drug-likeness (QED) is 0.578. The van der Waals surface area contributed by atoms with E-state index < -0.39 is 24.6 Å². The Hall–Kier alpha value is -1.92. The standard InChI is InChI=1S/C12H15BF2N2O2/c1-9-12(18)19-13(15,17(9)8-16(2)3)10-6-4-5-7-11(10)14/h4-9H,1-3H3/b17-8+/t9-,13?/m0/s1. The minimum atomic E-state index is -3.38. The van der Waals surface area contributed by atoms with Crippen LogP contribution >= 0.6 is 0 Å². The SMILES string of the molecule is C[C@H]1C(=O)O[B-](F)(c2ccccc2F)/[N+]1=C/N(C)C. The first-order chi connectivity index (χ1) is 8.86. The third-order valence-electron chi connectivity index (χ3n) is 3.10. The molecule has 4 nitrogen and oxygen atoms in total. The van der Waals surface area contributed by atoms with E-state index in [0.29, 0.717) is 0 Å². The summed E-state index contributed by atoms with van der Waals surface area (Å²) in [5, 5.41) is 0. The first-order valence-corrected chi connectivity index (χ1v) is 5.96. The predicted octanol–water partition coefficient (Wildman–Crippen LogP) is 0.489. The molecule has 2 rings (SSSR count). The molecule has 102 valence electrons. The van der Waals surface area contributed by atoms with Crippen LogP contribution in [-0.4, -0.2) is 48.6 Å². The molecule has 1 unspecified atom stereocenters. The summed E-state index contributed by atoms with van der Waals surface area (Å²) in [7, 11) is 3.38. The van der Waals surface area contributed by atoms with Crippen LogP contribution in [0.1, 0.15) is 6.92 Å². The Balaban J connectivity index is 2.58. The third kappa shape index (κ3) is 2.20. The van der Waals surface area contributed by atoms with Gasteiger partial charge in [-0.25, -0.2) is 4.39 Å². The maximum Gasteiger partial charge on any atom is 0.570 e. The van der Waals surface area contributed by atoms with Gasteiger partial charge in [-0.15, -0.1) is 0 Å². The van der Waals surface area contributed by atoms with Gasteiger partial charge in [-0.2, -0.15) is 0 Å². The van der Waals surface area contributed by atoms with Gasteiger partial charge in [-0.05, 0) is 18.5 Å². The van der Waals surface area contributed by atoms with Crippen molar-refractivity contribution in [3.63, 3.8) is 0 Å². The maximum atomic E-state index is 15.1. The Bertz CT molecular complexity index is 550. The number of nitrogens with zero attached hydrogens (tertiary/aromatic N) is 2. The Kier molecular flexibility index (Phi) is 3.30. The number of hydrogen-bond donors (Lipinski definition) is 0. The highest BCUT2D eigenvalue weighted by Crippen LogP contribution is 2.22. The maximum absolute atomic E-state index is 15.1. The summed E-state index contributed by atoms with van der Waals surface area (Å²) >= 11 is 0. The third-order valence-corrected chi connectivity index (χ3v) is 3.10. The van der Waals surface area contributed by atoms with Crippen molar-refractivity contribution in [1.82, 2.24) is 4.90 Å². The number of halogens is 2. The number of benzene rings is 1. The molecule has 19 heavy (non-hydrogen) atoms. The average molecular weight is 268 g/mol. The Morgan fingerprint density at radius 3 is 2.63 bits per heavy atom. The summed E-state index contributed by atoms with van der Waals surface area (Å²) in [6, 6.07) is 4.59. The molecule has 0 aromatic heterocycles. The Labute approximate surface area is 110 Å². The van der Waals surface area contributed by atoms with Crippen LogP contribution in [-0.2, 0) is 9.45 Å². The summed E-state index contributed by atoms with van der Waals surface area (Å²) in [5.41, 5.74) is -0.252. The summed E-state index contributed by atoms with van der Waals surface area (Å²) in [6.07, 6.45) is 1.40. The van der Waals surface area contributed by atoms with Crippen molar-refractivity contribution in [2.45, 2.75) is 13.0 Å². The molecule has 1 aromatic carbocycles. The van der Waals surface area contributed by atoms with E-state index in [2.05, 4.69) is 0 Å². The highest BCUT2D eigenvalue weighted by Gasteiger charge is 2.53. The monoisotopic (exact) mass is 268 g/mol. The van der Waals surface area contributed by atoms with Crippen molar-refractivity contribution >= 4 is 24.5 Å². The molecule has 0 amide bonds.